The van der Waals surface area contributed by atoms with Gasteiger partial charge < -0.3 is 15.8 Å². The maximum Gasteiger partial charge on any atom is 0.163 e. The highest BCUT2D eigenvalue weighted by molar-refractivity contribution is 5.65. The molecule has 0 aliphatic carbocycles. The highest BCUT2D eigenvalue weighted by Gasteiger charge is 2.07. The lowest BCUT2D eigenvalue weighted by molar-refractivity contribution is 0.340. The number of nitrogens with zero attached hydrogens (tertiary/aromatic N) is 2. The average molecular weight is 334 g/mol. The quantitative estimate of drug-likeness (QED) is 0.719. The Morgan fingerprint density at radius 1 is 0.960 bits per heavy atom. The molecule has 3 rings (SSSR count). The van der Waals surface area contributed by atoms with Gasteiger partial charge in [-0.15, -0.1) is 0 Å². The molecular weight excluding hydrogens is 312 g/mol. The predicted octanol–water partition coefficient (Wildman–Crippen LogP) is 4.48. The minimum absolute atomic E-state index is 0.421. The molecule has 0 bridgehead atoms. The zero-order valence-corrected chi connectivity index (χ0v) is 14.7. The van der Waals surface area contributed by atoms with Gasteiger partial charge in [0.2, 0.25) is 0 Å². The Bertz CT molecular complexity index is 875. The summed E-state index contributed by atoms with van der Waals surface area (Å²) in [5.41, 5.74) is 10.3. The molecule has 0 fully saturated rings. The van der Waals surface area contributed by atoms with Crippen molar-refractivity contribution in [1.29, 1.82) is 0 Å². The van der Waals surface area contributed by atoms with E-state index in [1.807, 2.05) is 37.3 Å². The van der Waals surface area contributed by atoms with Gasteiger partial charge in [0, 0.05) is 17.3 Å². The first-order chi connectivity index (χ1) is 12.0. The number of hydrogen-bond acceptors (Lipinski definition) is 5. The van der Waals surface area contributed by atoms with E-state index in [9.17, 15) is 0 Å². The minimum Gasteiger partial charge on any atom is -0.494 e. The SMILES string of the molecule is CCOc1ccc(-c2nc(N)cc(Nc3ccc(C)c(C)c3)n2)cc1. The molecule has 0 saturated heterocycles. The van der Waals surface area contributed by atoms with Crippen LogP contribution in [0.4, 0.5) is 17.3 Å². The molecule has 3 N–H and O–H groups in total. The molecule has 25 heavy (non-hydrogen) atoms. The Balaban J connectivity index is 1.88. The predicted molar refractivity (Wildman–Crippen MR) is 102 cm³/mol. The Morgan fingerprint density at radius 2 is 1.72 bits per heavy atom. The van der Waals surface area contributed by atoms with Gasteiger partial charge in [0.05, 0.1) is 6.61 Å². The van der Waals surface area contributed by atoms with Gasteiger partial charge in [-0.1, -0.05) is 6.07 Å². The smallest absolute Gasteiger partial charge is 0.163 e. The molecule has 0 atom stereocenters. The van der Waals surface area contributed by atoms with Crippen LogP contribution in [0, 0.1) is 13.8 Å². The van der Waals surface area contributed by atoms with Crippen LogP contribution in [0.5, 0.6) is 5.75 Å². The Morgan fingerprint density at radius 3 is 2.40 bits per heavy atom. The van der Waals surface area contributed by atoms with Crippen LogP contribution in [-0.2, 0) is 0 Å². The zero-order valence-electron chi connectivity index (χ0n) is 14.7. The van der Waals surface area contributed by atoms with Gasteiger partial charge in [0.15, 0.2) is 5.82 Å². The summed E-state index contributed by atoms with van der Waals surface area (Å²) >= 11 is 0. The molecule has 3 aromatic rings. The number of hydrogen-bond donors (Lipinski definition) is 2. The number of benzene rings is 2. The van der Waals surface area contributed by atoms with Crippen LogP contribution in [-0.4, -0.2) is 16.6 Å². The first kappa shape index (κ1) is 16.8. The van der Waals surface area contributed by atoms with Crippen molar-refractivity contribution in [3.05, 3.63) is 59.7 Å². The lowest BCUT2D eigenvalue weighted by atomic mass is 10.1. The monoisotopic (exact) mass is 334 g/mol. The fraction of sp³-hybridized carbons (Fsp3) is 0.200. The summed E-state index contributed by atoms with van der Waals surface area (Å²) in [6.07, 6.45) is 0. The molecule has 0 radical (unpaired) electrons. The van der Waals surface area contributed by atoms with Crippen molar-refractivity contribution in [3.8, 4) is 17.1 Å². The van der Waals surface area contributed by atoms with E-state index >= 15 is 0 Å². The number of nitrogens with two attached hydrogens (primary N) is 1. The number of ether oxygens (including phenoxy) is 1. The number of aromatic nitrogens is 2. The molecule has 0 spiro atoms. The summed E-state index contributed by atoms with van der Waals surface area (Å²) in [6.45, 7) is 6.77. The van der Waals surface area contributed by atoms with E-state index in [0.717, 1.165) is 17.0 Å². The van der Waals surface area contributed by atoms with Gasteiger partial charge in [-0.2, -0.15) is 0 Å². The van der Waals surface area contributed by atoms with Gasteiger partial charge in [-0.05, 0) is 68.3 Å². The molecule has 5 heteroatoms. The van der Waals surface area contributed by atoms with Crippen molar-refractivity contribution in [2.75, 3.05) is 17.7 Å². The Labute approximate surface area is 147 Å². The lowest BCUT2D eigenvalue weighted by Crippen LogP contribution is -2.01. The maximum atomic E-state index is 5.97. The number of nitrogens with one attached hydrogen (secondary N) is 1. The van der Waals surface area contributed by atoms with E-state index in [-0.39, 0.29) is 0 Å². The molecule has 0 saturated carbocycles. The van der Waals surface area contributed by atoms with Gasteiger partial charge >= 0.3 is 0 Å². The third kappa shape index (κ3) is 4.07. The number of rotatable bonds is 5. The topological polar surface area (TPSA) is 73.1 Å². The van der Waals surface area contributed by atoms with Crippen molar-refractivity contribution in [2.45, 2.75) is 20.8 Å². The normalized spacial score (nSPS) is 10.5. The van der Waals surface area contributed by atoms with Gasteiger partial charge in [0.25, 0.3) is 0 Å². The Kier molecular flexibility index (Phi) is 4.84. The van der Waals surface area contributed by atoms with E-state index < -0.39 is 0 Å². The van der Waals surface area contributed by atoms with Gasteiger partial charge in [-0.25, -0.2) is 9.97 Å². The third-order valence-corrected chi connectivity index (χ3v) is 3.95. The molecule has 0 amide bonds. The van der Waals surface area contributed by atoms with Crippen molar-refractivity contribution in [3.63, 3.8) is 0 Å². The summed E-state index contributed by atoms with van der Waals surface area (Å²) in [7, 11) is 0. The molecular formula is C20H22N4O. The Hall–Kier alpha value is -3.08. The lowest BCUT2D eigenvalue weighted by Gasteiger charge is -2.10. The third-order valence-electron chi connectivity index (χ3n) is 3.95. The first-order valence-corrected chi connectivity index (χ1v) is 8.27. The molecule has 1 heterocycles. The molecule has 0 aliphatic heterocycles. The van der Waals surface area contributed by atoms with Crippen LogP contribution in [0.3, 0.4) is 0 Å². The molecule has 0 unspecified atom stereocenters. The van der Waals surface area contributed by atoms with E-state index in [0.29, 0.717) is 24.1 Å². The summed E-state index contributed by atoms with van der Waals surface area (Å²) in [5.74, 6) is 2.49. The van der Waals surface area contributed by atoms with Crippen LogP contribution >= 0.6 is 0 Å². The van der Waals surface area contributed by atoms with E-state index in [4.69, 9.17) is 10.5 Å². The molecule has 1 aromatic heterocycles. The molecule has 2 aromatic carbocycles. The second kappa shape index (κ2) is 7.21. The zero-order chi connectivity index (χ0) is 17.8. The van der Waals surface area contributed by atoms with Crippen LogP contribution in [0.1, 0.15) is 18.1 Å². The summed E-state index contributed by atoms with van der Waals surface area (Å²) in [6, 6.07) is 15.6. The van der Waals surface area contributed by atoms with Crippen LogP contribution in [0.2, 0.25) is 0 Å². The van der Waals surface area contributed by atoms with Crippen LogP contribution in [0.25, 0.3) is 11.4 Å². The summed E-state index contributed by atoms with van der Waals surface area (Å²) in [5, 5.41) is 3.30. The minimum atomic E-state index is 0.421. The highest BCUT2D eigenvalue weighted by Crippen LogP contribution is 2.24. The fourth-order valence-electron chi connectivity index (χ4n) is 2.49. The maximum absolute atomic E-state index is 5.97. The second-order valence-corrected chi connectivity index (χ2v) is 5.88. The molecule has 0 aliphatic rings. The van der Waals surface area contributed by atoms with Gasteiger partial charge in [-0.3, -0.25) is 0 Å². The van der Waals surface area contributed by atoms with Crippen molar-refractivity contribution in [1.82, 2.24) is 9.97 Å². The second-order valence-electron chi connectivity index (χ2n) is 5.88. The summed E-state index contributed by atoms with van der Waals surface area (Å²) in [4.78, 5) is 8.92. The number of aryl methyl sites for hydroxylation is 2. The standard InChI is InChI=1S/C20H22N4O/c1-4-25-17-9-6-15(7-10-17)20-23-18(21)12-19(24-20)22-16-8-5-13(2)14(3)11-16/h5-12H,4H2,1-3H3,(H3,21,22,23,24). The van der Waals surface area contributed by atoms with Crippen molar-refractivity contribution < 1.29 is 4.74 Å². The fourth-order valence-corrected chi connectivity index (χ4v) is 2.49. The van der Waals surface area contributed by atoms with Gasteiger partial charge in [0.1, 0.15) is 17.4 Å². The first-order valence-electron chi connectivity index (χ1n) is 8.27. The van der Waals surface area contributed by atoms with E-state index in [1.54, 1.807) is 6.07 Å². The summed E-state index contributed by atoms with van der Waals surface area (Å²) < 4.78 is 5.47. The van der Waals surface area contributed by atoms with Crippen LogP contribution < -0.4 is 15.8 Å². The molecule has 128 valence electrons. The van der Waals surface area contributed by atoms with Crippen molar-refractivity contribution >= 4 is 17.3 Å². The largest absolute Gasteiger partial charge is 0.494 e. The van der Waals surface area contributed by atoms with E-state index in [1.165, 1.54) is 11.1 Å². The van der Waals surface area contributed by atoms with Crippen LogP contribution in [0.15, 0.2) is 48.5 Å². The average Bonchev–Trinajstić information content (AvgIpc) is 2.59. The van der Waals surface area contributed by atoms with Crippen molar-refractivity contribution in [2.24, 2.45) is 0 Å². The molecule has 5 nitrogen and oxygen atoms in total. The number of anilines is 3. The highest BCUT2D eigenvalue weighted by atomic mass is 16.5. The van der Waals surface area contributed by atoms with E-state index in [2.05, 4.69) is 41.3 Å². The number of nitrogen functional groups attached to an aromatic ring is 1.